The van der Waals surface area contributed by atoms with Gasteiger partial charge in [0, 0.05) is 12.0 Å². The van der Waals surface area contributed by atoms with Crippen LogP contribution in [0.4, 0.5) is 5.69 Å². The average molecular weight is 245 g/mol. The smallest absolute Gasteiger partial charge is 0.224 e. The van der Waals surface area contributed by atoms with Crippen LogP contribution in [0.2, 0.25) is 0 Å². The zero-order valence-corrected chi connectivity index (χ0v) is 10.7. The highest BCUT2D eigenvalue weighted by molar-refractivity contribution is 5.92. The minimum absolute atomic E-state index is 0.0155. The minimum atomic E-state index is -0.182. The number of aliphatic hydroxyl groups is 1. The third-order valence-corrected chi connectivity index (χ3v) is 2.51. The van der Waals surface area contributed by atoms with Crippen LogP contribution in [0.3, 0.4) is 0 Å². The van der Waals surface area contributed by atoms with Crippen LogP contribution < -0.4 is 5.32 Å². The van der Waals surface area contributed by atoms with Gasteiger partial charge in [0.2, 0.25) is 5.91 Å². The molecule has 1 amide bonds. The summed E-state index contributed by atoms with van der Waals surface area (Å²) in [5.74, 6) is 5.42. The van der Waals surface area contributed by atoms with E-state index in [4.69, 9.17) is 5.11 Å². The molecule has 0 saturated carbocycles. The maximum Gasteiger partial charge on any atom is 0.224 e. The molecular formula is C15H19NO2. The second-order valence-electron chi connectivity index (χ2n) is 4.01. The second kappa shape index (κ2) is 8.32. The van der Waals surface area contributed by atoms with Crippen molar-refractivity contribution in [1.29, 1.82) is 0 Å². The number of benzene rings is 1. The number of hydrogen-bond donors (Lipinski definition) is 2. The Labute approximate surface area is 108 Å². The molecule has 3 heteroatoms. The Morgan fingerprint density at radius 3 is 2.83 bits per heavy atom. The van der Waals surface area contributed by atoms with Crippen molar-refractivity contribution >= 4 is 11.6 Å². The molecule has 0 aliphatic heterocycles. The van der Waals surface area contributed by atoms with Gasteiger partial charge in [-0.2, -0.15) is 0 Å². The van der Waals surface area contributed by atoms with Gasteiger partial charge in [-0.1, -0.05) is 43.7 Å². The van der Waals surface area contributed by atoms with Crippen LogP contribution in [0.15, 0.2) is 24.3 Å². The number of para-hydroxylation sites is 1. The molecule has 0 atom stereocenters. The monoisotopic (exact) mass is 245 g/mol. The SMILES string of the molecule is CCCCCC(=O)Nc1ccccc1C#CCO. The Balaban J connectivity index is 2.63. The van der Waals surface area contributed by atoms with Gasteiger partial charge >= 0.3 is 0 Å². The Hall–Kier alpha value is -1.79. The number of rotatable bonds is 5. The lowest BCUT2D eigenvalue weighted by Gasteiger charge is -2.07. The molecule has 3 nitrogen and oxygen atoms in total. The van der Waals surface area contributed by atoms with E-state index in [-0.39, 0.29) is 12.5 Å². The molecule has 96 valence electrons. The van der Waals surface area contributed by atoms with Gasteiger partial charge in [-0.15, -0.1) is 0 Å². The van der Waals surface area contributed by atoms with Crippen molar-refractivity contribution in [3.05, 3.63) is 29.8 Å². The molecule has 1 aromatic carbocycles. The molecule has 0 fully saturated rings. The fraction of sp³-hybridized carbons (Fsp3) is 0.400. The summed E-state index contributed by atoms with van der Waals surface area (Å²) in [7, 11) is 0. The largest absolute Gasteiger partial charge is 0.384 e. The van der Waals surface area contributed by atoms with Crippen LogP contribution in [-0.2, 0) is 4.79 Å². The van der Waals surface area contributed by atoms with Crippen LogP contribution in [0.5, 0.6) is 0 Å². The summed E-state index contributed by atoms with van der Waals surface area (Å²) in [4.78, 5) is 11.7. The molecule has 0 unspecified atom stereocenters. The minimum Gasteiger partial charge on any atom is -0.384 e. The van der Waals surface area contributed by atoms with Crippen molar-refractivity contribution in [3.8, 4) is 11.8 Å². The molecule has 0 aliphatic rings. The van der Waals surface area contributed by atoms with Gasteiger partial charge in [-0.25, -0.2) is 0 Å². The third-order valence-electron chi connectivity index (χ3n) is 2.51. The highest BCUT2D eigenvalue weighted by Crippen LogP contribution is 2.14. The number of hydrogen-bond acceptors (Lipinski definition) is 2. The summed E-state index contributed by atoms with van der Waals surface area (Å²) in [6.45, 7) is 1.93. The molecule has 1 rings (SSSR count). The van der Waals surface area contributed by atoms with E-state index in [2.05, 4.69) is 24.1 Å². The summed E-state index contributed by atoms with van der Waals surface area (Å²) in [5.41, 5.74) is 1.44. The first-order valence-electron chi connectivity index (χ1n) is 6.26. The van der Waals surface area contributed by atoms with Crippen molar-refractivity contribution in [2.24, 2.45) is 0 Å². The standard InChI is InChI=1S/C15H19NO2/c1-2-3-4-11-15(18)16-14-10-6-5-8-13(14)9-7-12-17/h5-6,8,10,17H,2-4,11-12H2,1H3,(H,16,18). The lowest BCUT2D eigenvalue weighted by molar-refractivity contribution is -0.116. The van der Waals surface area contributed by atoms with Crippen molar-refractivity contribution in [2.45, 2.75) is 32.6 Å². The number of anilines is 1. The molecule has 0 spiro atoms. The van der Waals surface area contributed by atoms with Gasteiger partial charge in [-0.3, -0.25) is 4.79 Å². The lowest BCUT2D eigenvalue weighted by Crippen LogP contribution is -2.12. The second-order valence-corrected chi connectivity index (χ2v) is 4.01. The van der Waals surface area contributed by atoms with E-state index in [0.717, 1.165) is 24.8 Å². The van der Waals surface area contributed by atoms with Gasteiger partial charge in [0.25, 0.3) is 0 Å². The van der Waals surface area contributed by atoms with Gasteiger partial charge in [0.15, 0.2) is 0 Å². The number of aliphatic hydroxyl groups excluding tert-OH is 1. The number of carbonyl (C=O) groups excluding carboxylic acids is 1. The average Bonchev–Trinajstić information content (AvgIpc) is 2.38. The van der Waals surface area contributed by atoms with Crippen LogP contribution in [-0.4, -0.2) is 17.6 Å². The van der Waals surface area contributed by atoms with Crippen molar-refractivity contribution < 1.29 is 9.90 Å². The summed E-state index contributed by atoms with van der Waals surface area (Å²) < 4.78 is 0. The van der Waals surface area contributed by atoms with Gasteiger partial charge in [0.1, 0.15) is 6.61 Å². The highest BCUT2D eigenvalue weighted by Gasteiger charge is 2.04. The van der Waals surface area contributed by atoms with E-state index in [0.29, 0.717) is 12.1 Å². The predicted molar refractivity (Wildman–Crippen MR) is 73.2 cm³/mol. The first-order valence-corrected chi connectivity index (χ1v) is 6.26. The third kappa shape index (κ3) is 5.03. The van der Waals surface area contributed by atoms with Crippen molar-refractivity contribution in [1.82, 2.24) is 0 Å². The van der Waals surface area contributed by atoms with Crippen molar-refractivity contribution in [2.75, 3.05) is 11.9 Å². The Bertz CT molecular complexity index is 443. The topological polar surface area (TPSA) is 49.3 Å². The Morgan fingerprint density at radius 1 is 1.33 bits per heavy atom. The van der Waals surface area contributed by atoms with E-state index in [1.807, 2.05) is 24.3 Å². The number of carbonyl (C=O) groups is 1. The maximum absolute atomic E-state index is 11.7. The van der Waals surface area contributed by atoms with Crippen LogP contribution in [0, 0.1) is 11.8 Å². The first kappa shape index (κ1) is 14.3. The molecule has 0 radical (unpaired) electrons. The number of unbranched alkanes of at least 4 members (excludes halogenated alkanes) is 2. The molecule has 1 aromatic rings. The van der Waals surface area contributed by atoms with Crippen LogP contribution in [0.1, 0.15) is 38.2 Å². The molecular weight excluding hydrogens is 226 g/mol. The zero-order chi connectivity index (χ0) is 13.2. The first-order chi connectivity index (χ1) is 8.77. The molecule has 0 saturated heterocycles. The van der Waals surface area contributed by atoms with Gasteiger partial charge in [0.05, 0.1) is 5.69 Å². The Morgan fingerprint density at radius 2 is 2.11 bits per heavy atom. The molecule has 0 heterocycles. The van der Waals surface area contributed by atoms with Crippen LogP contribution >= 0.6 is 0 Å². The van der Waals surface area contributed by atoms with E-state index >= 15 is 0 Å². The fourth-order valence-electron chi connectivity index (χ4n) is 1.58. The normalized spacial score (nSPS) is 9.44. The molecule has 2 N–H and O–H groups in total. The van der Waals surface area contributed by atoms with E-state index in [1.54, 1.807) is 0 Å². The predicted octanol–water partition coefficient (Wildman–Crippen LogP) is 2.55. The summed E-state index contributed by atoms with van der Waals surface area (Å²) >= 11 is 0. The van der Waals surface area contributed by atoms with Crippen molar-refractivity contribution in [3.63, 3.8) is 0 Å². The quantitative estimate of drug-likeness (QED) is 0.618. The number of amides is 1. The van der Waals surface area contributed by atoms with Crippen LogP contribution in [0.25, 0.3) is 0 Å². The van der Waals surface area contributed by atoms with Gasteiger partial charge in [-0.05, 0) is 18.6 Å². The summed E-state index contributed by atoms with van der Waals surface area (Å²) in [5, 5.41) is 11.5. The molecule has 0 aromatic heterocycles. The van der Waals surface area contributed by atoms with E-state index < -0.39 is 0 Å². The summed E-state index contributed by atoms with van der Waals surface area (Å²) in [6.07, 6.45) is 3.62. The molecule has 18 heavy (non-hydrogen) atoms. The zero-order valence-electron chi connectivity index (χ0n) is 10.7. The van der Waals surface area contributed by atoms with E-state index in [1.165, 1.54) is 0 Å². The maximum atomic E-state index is 11.7. The molecule has 0 bridgehead atoms. The fourth-order valence-corrected chi connectivity index (χ4v) is 1.58. The highest BCUT2D eigenvalue weighted by atomic mass is 16.2. The summed E-state index contributed by atoms with van der Waals surface area (Å²) in [6, 6.07) is 7.35. The number of nitrogens with one attached hydrogen (secondary N) is 1. The van der Waals surface area contributed by atoms with E-state index in [9.17, 15) is 4.79 Å². The lowest BCUT2D eigenvalue weighted by atomic mass is 10.1. The molecule has 0 aliphatic carbocycles. The Kier molecular flexibility index (Phi) is 6.60. The van der Waals surface area contributed by atoms with Gasteiger partial charge < -0.3 is 10.4 Å².